The van der Waals surface area contributed by atoms with E-state index in [1.54, 1.807) is 31.5 Å². The smallest absolute Gasteiger partial charge is 0.249 e. The maximum absolute atomic E-state index is 6.14. The summed E-state index contributed by atoms with van der Waals surface area (Å²) >= 11 is 12.3. The molecule has 0 saturated carbocycles. The lowest BCUT2D eigenvalue weighted by atomic mass is 10.1. The predicted octanol–water partition coefficient (Wildman–Crippen LogP) is 4.59. The summed E-state index contributed by atoms with van der Waals surface area (Å²) in [6.45, 7) is 0.706. The third kappa shape index (κ3) is 4.74. The summed E-state index contributed by atoms with van der Waals surface area (Å²) in [4.78, 5) is 4.38. The molecule has 0 radical (unpaired) electrons. The molecular weight excluding hydrogens is 373 g/mol. The SMILES string of the molecule is COc1ccc(CCNc2cnnc(Nc3c(Cl)cccc3Cl)n2)cc1. The number of nitrogens with zero attached hydrogens (tertiary/aromatic N) is 3. The number of hydrogen-bond acceptors (Lipinski definition) is 6. The van der Waals surface area contributed by atoms with Crippen LogP contribution in [0.15, 0.2) is 48.7 Å². The summed E-state index contributed by atoms with van der Waals surface area (Å²) in [7, 11) is 1.65. The molecule has 134 valence electrons. The van der Waals surface area contributed by atoms with Crippen molar-refractivity contribution in [3.05, 3.63) is 64.3 Å². The lowest BCUT2D eigenvalue weighted by molar-refractivity contribution is 0.414. The van der Waals surface area contributed by atoms with Crippen LogP contribution in [0.25, 0.3) is 0 Å². The first-order chi connectivity index (χ1) is 12.7. The second-order valence-electron chi connectivity index (χ2n) is 5.41. The third-order valence-corrected chi connectivity index (χ3v) is 4.27. The van der Waals surface area contributed by atoms with E-state index in [4.69, 9.17) is 27.9 Å². The summed E-state index contributed by atoms with van der Waals surface area (Å²) in [5.74, 6) is 1.77. The van der Waals surface area contributed by atoms with Crippen LogP contribution >= 0.6 is 23.2 Å². The van der Waals surface area contributed by atoms with Crippen LogP contribution in [0.3, 0.4) is 0 Å². The zero-order chi connectivity index (χ0) is 18.4. The van der Waals surface area contributed by atoms with E-state index in [1.807, 2.05) is 24.3 Å². The highest BCUT2D eigenvalue weighted by atomic mass is 35.5. The van der Waals surface area contributed by atoms with E-state index >= 15 is 0 Å². The van der Waals surface area contributed by atoms with Crippen molar-refractivity contribution < 1.29 is 4.74 Å². The van der Waals surface area contributed by atoms with Crippen molar-refractivity contribution in [3.8, 4) is 5.75 Å². The number of para-hydroxylation sites is 1. The van der Waals surface area contributed by atoms with Gasteiger partial charge in [-0.15, -0.1) is 5.10 Å². The highest BCUT2D eigenvalue weighted by molar-refractivity contribution is 6.39. The molecule has 3 rings (SSSR count). The van der Waals surface area contributed by atoms with E-state index in [0.717, 1.165) is 12.2 Å². The summed E-state index contributed by atoms with van der Waals surface area (Å²) in [5.41, 5.74) is 1.74. The van der Waals surface area contributed by atoms with Gasteiger partial charge >= 0.3 is 0 Å². The van der Waals surface area contributed by atoms with E-state index in [-0.39, 0.29) is 0 Å². The Kier molecular flexibility index (Phi) is 6.09. The molecule has 3 aromatic rings. The van der Waals surface area contributed by atoms with Crippen molar-refractivity contribution in [1.82, 2.24) is 15.2 Å². The minimum absolute atomic E-state index is 0.314. The van der Waals surface area contributed by atoms with Gasteiger partial charge in [0.15, 0.2) is 5.82 Å². The molecule has 2 N–H and O–H groups in total. The van der Waals surface area contributed by atoms with Gasteiger partial charge in [0.25, 0.3) is 0 Å². The summed E-state index contributed by atoms with van der Waals surface area (Å²) in [6.07, 6.45) is 2.40. The number of nitrogens with one attached hydrogen (secondary N) is 2. The summed E-state index contributed by atoms with van der Waals surface area (Å²) in [5, 5.41) is 15.1. The monoisotopic (exact) mass is 389 g/mol. The molecule has 8 heteroatoms. The fraction of sp³-hybridized carbons (Fsp3) is 0.167. The molecule has 26 heavy (non-hydrogen) atoms. The lowest BCUT2D eigenvalue weighted by Crippen LogP contribution is -2.09. The average Bonchev–Trinajstić information content (AvgIpc) is 2.66. The van der Waals surface area contributed by atoms with Crippen molar-refractivity contribution in [2.24, 2.45) is 0 Å². The quantitative estimate of drug-likeness (QED) is 0.615. The number of benzene rings is 2. The van der Waals surface area contributed by atoms with Crippen molar-refractivity contribution in [2.75, 3.05) is 24.3 Å². The van der Waals surface area contributed by atoms with Crippen LogP contribution in [0, 0.1) is 0 Å². The number of methoxy groups -OCH3 is 1. The van der Waals surface area contributed by atoms with E-state index < -0.39 is 0 Å². The molecule has 0 aliphatic rings. The molecule has 2 aromatic carbocycles. The highest BCUT2D eigenvalue weighted by Crippen LogP contribution is 2.31. The molecule has 0 bridgehead atoms. The molecule has 0 unspecified atom stereocenters. The molecule has 1 aromatic heterocycles. The van der Waals surface area contributed by atoms with Crippen molar-refractivity contribution >= 4 is 40.7 Å². The second-order valence-corrected chi connectivity index (χ2v) is 6.23. The molecule has 0 fully saturated rings. The van der Waals surface area contributed by atoms with Gasteiger partial charge < -0.3 is 15.4 Å². The van der Waals surface area contributed by atoms with Gasteiger partial charge in [0.2, 0.25) is 5.95 Å². The van der Waals surface area contributed by atoms with Crippen LogP contribution < -0.4 is 15.4 Å². The normalized spacial score (nSPS) is 10.4. The summed E-state index contributed by atoms with van der Waals surface area (Å²) < 4.78 is 5.16. The van der Waals surface area contributed by atoms with Crippen LogP contribution in [-0.4, -0.2) is 28.8 Å². The van der Waals surface area contributed by atoms with Crippen LogP contribution in [0.2, 0.25) is 10.0 Å². The molecule has 0 amide bonds. The summed E-state index contributed by atoms with van der Waals surface area (Å²) in [6, 6.07) is 13.2. The number of rotatable bonds is 7. The first kappa shape index (κ1) is 18.2. The number of aromatic nitrogens is 3. The van der Waals surface area contributed by atoms with E-state index in [0.29, 0.717) is 34.0 Å². The standard InChI is InChI=1S/C18H17Cl2N5O/c1-26-13-7-5-12(6-8-13)9-10-21-16-11-22-25-18(23-16)24-17-14(19)3-2-4-15(17)20/h2-8,11H,9-10H2,1H3,(H2,21,23,24,25). The first-order valence-corrected chi connectivity index (χ1v) is 8.69. The van der Waals surface area contributed by atoms with Crippen LogP contribution in [0.5, 0.6) is 5.75 Å². The maximum atomic E-state index is 6.14. The molecular formula is C18H17Cl2N5O. The zero-order valence-corrected chi connectivity index (χ0v) is 15.6. The molecule has 1 heterocycles. The predicted molar refractivity (Wildman–Crippen MR) is 105 cm³/mol. The largest absolute Gasteiger partial charge is 0.497 e. The fourth-order valence-electron chi connectivity index (χ4n) is 2.30. The Morgan fingerprint density at radius 1 is 1.04 bits per heavy atom. The Morgan fingerprint density at radius 2 is 1.77 bits per heavy atom. The Bertz CT molecular complexity index is 853. The fourth-order valence-corrected chi connectivity index (χ4v) is 2.79. The van der Waals surface area contributed by atoms with Crippen LogP contribution in [0.1, 0.15) is 5.56 Å². The van der Waals surface area contributed by atoms with E-state index in [2.05, 4.69) is 25.8 Å². The molecule has 0 atom stereocenters. The van der Waals surface area contributed by atoms with Gasteiger partial charge in [0, 0.05) is 6.54 Å². The molecule has 0 aliphatic heterocycles. The van der Waals surface area contributed by atoms with Crippen molar-refractivity contribution in [3.63, 3.8) is 0 Å². The number of halogens is 2. The Balaban J connectivity index is 1.60. The number of anilines is 3. The van der Waals surface area contributed by atoms with Crippen molar-refractivity contribution in [2.45, 2.75) is 6.42 Å². The third-order valence-electron chi connectivity index (χ3n) is 3.64. The van der Waals surface area contributed by atoms with Gasteiger partial charge in [-0.1, -0.05) is 41.4 Å². The molecule has 0 saturated heterocycles. The van der Waals surface area contributed by atoms with Crippen LogP contribution in [0.4, 0.5) is 17.5 Å². The van der Waals surface area contributed by atoms with E-state index in [9.17, 15) is 0 Å². The van der Waals surface area contributed by atoms with Crippen LogP contribution in [-0.2, 0) is 6.42 Å². The highest BCUT2D eigenvalue weighted by Gasteiger charge is 2.08. The Hall–Kier alpha value is -2.57. The first-order valence-electron chi connectivity index (χ1n) is 7.93. The Morgan fingerprint density at radius 3 is 2.46 bits per heavy atom. The average molecular weight is 390 g/mol. The zero-order valence-electron chi connectivity index (χ0n) is 14.0. The second kappa shape index (κ2) is 8.69. The van der Waals surface area contributed by atoms with Gasteiger partial charge in [0.05, 0.1) is 29.0 Å². The number of ether oxygens (including phenoxy) is 1. The minimum Gasteiger partial charge on any atom is -0.497 e. The van der Waals surface area contributed by atoms with Gasteiger partial charge in [0.1, 0.15) is 5.75 Å². The van der Waals surface area contributed by atoms with Gasteiger partial charge in [-0.2, -0.15) is 10.1 Å². The van der Waals surface area contributed by atoms with Gasteiger partial charge in [-0.05, 0) is 36.2 Å². The van der Waals surface area contributed by atoms with Crippen molar-refractivity contribution in [1.29, 1.82) is 0 Å². The lowest BCUT2D eigenvalue weighted by Gasteiger charge is -2.10. The van der Waals surface area contributed by atoms with Gasteiger partial charge in [-0.25, -0.2) is 0 Å². The Labute approximate surface area is 161 Å². The topological polar surface area (TPSA) is 72.0 Å². The minimum atomic E-state index is 0.314. The molecule has 0 aliphatic carbocycles. The molecule has 0 spiro atoms. The maximum Gasteiger partial charge on any atom is 0.249 e. The molecule has 6 nitrogen and oxygen atoms in total. The van der Waals surface area contributed by atoms with Gasteiger partial charge in [-0.3, -0.25) is 0 Å². The number of hydrogen-bond donors (Lipinski definition) is 2. The van der Waals surface area contributed by atoms with E-state index in [1.165, 1.54) is 5.56 Å².